The largest absolute Gasteiger partial charge is 0.383 e. The lowest BCUT2D eigenvalue weighted by Gasteiger charge is -2.26. The summed E-state index contributed by atoms with van der Waals surface area (Å²) >= 11 is 0. The van der Waals surface area contributed by atoms with Crippen LogP contribution < -0.4 is 11.1 Å². The first-order chi connectivity index (χ1) is 10.1. The van der Waals surface area contributed by atoms with E-state index in [-0.39, 0.29) is 11.9 Å². The Balaban J connectivity index is 1.78. The minimum absolute atomic E-state index is 0.119. The molecule has 1 aliphatic rings. The zero-order valence-corrected chi connectivity index (χ0v) is 12.3. The van der Waals surface area contributed by atoms with E-state index in [0.29, 0.717) is 11.5 Å². The molecular formula is C17H21N3O. The molecule has 0 aliphatic heterocycles. The maximum Gasteiger partial charge on any atom is 0.270 e. The van der Waals surface area contributed by atoms with E-state index in [1.165, 1.54) is 12.8 Å². The normalized spacial score (nSPS) is 22.1. The molecule has 0 radical (unpaired) electrons. The fraction of sp³-hybridized carbons (Fsp3) is 0.412. The molecule has 1 saturated carbocycles. The summed E-state index contributed by atoms with van der Waals surface area (Å²) in [4.78, 5) is 16.6. The Labute approximate surface area is 124 Å². The summed E-state index contributed by atoms with van der Waals surface area (Å²) in [5, 5.41) is 4.93. The molecule has 21 heavy (non-hydrogen) atoms. The van der Waals surface area contributed by atoms with Gasteiger partial charge in [0.15, 0.2) is 0 Å². The van der Waals surface area contributed by atoms with Crippen molar-refractivity contribution in [2.24, 2.45) is 5.92 Å². The standard InChI is InChI=1S/C17H21N3O/c1-11-6-8-13(9-7-11)19-17(21)15-10-12-4-2-3-5-14(12)16(18)20-15/h2-5,10-11,13H,6-9H2,1H3,(H2,18,20)(H,19,21). The number of aromatic nitrogens is 1. The van der Waals surface area contributed by atoms with Gasteiger partial charge in [0.25, 0.3) is 5.91 Å². The zero-order chi connectivity index (χ0) is 14.8. The third kappa shape index (κ3) is 2.99. The number of carbonyl (C=O) groups is 1. The lowest BCUT2D eigenvalue weighted by Crippen LogP contribution is -2.37. The number of benzene rings is 1. The number of nitrogen functional groups attached to an aromatic ring is 1. The highest BCUT2D eigenvalue weighted by atomic mass is 16.1. The second kappa shape index (κ2) is 5.72. The van der Waals surface area contributed by atoms with Crippen molar-refractivity contribution in [1.82, 2.24) is 10.3 Å². The molecule has 1 heterocycles. The van der Waals surface area contributed by atoms with Gasteiger partial charge in [0, 0.05) is 11.4 Å². The van der Waals surface area contributed by atoms with Gasteiger partial charge in [-0.1, -0.05) is 31.2 Å². The van der Waals surface area contributed by atoms with E-state index in [4.69, 9.17) is 5.73 Å². The molecule has 0 saturated heterocycles. The quantitative estimate of drug-likeness (QED) is 0.889. The summed E-state index contributed by atoms with van der Waals surface area (Å²) in [5.74, 6) is 1.06. The van der Waals surface area contributed by atoms with Gasteiger partial charge in [0.1, 0.15) is 11.5 Å². The fourth-order valence-corrected chi connectivity index (χ4v) is 3.01. The molecular weight excluding hydrogens is 262 g/mol. The highest BCUT2D eigenvalue weighted by Gasteiger charge is 2.21. The first-order valence-corrected chi connectivity index (χ1v) is 7.59. The molecule has 1 fully saturated rings. The van der Waals surface area contributed by atoms with Crippen LogP contribution in [0.1, 0.15) is 43.1 Å². The molecule has 0 unspecified atom stereocenters. The molecule has 2 aromatic rings. The second-order valence-electron chi connectivity index (χ2n) is 6.04. The summed E-state index contributed by atoms with van der Waals surface area (Å²) in [6, 6.07) is 9.80. The molecule has 3 rings (SSSR count). The van der Waals surface area contributed by atoms with E-state index in [1.54, 1.807) is 0 Å². The van der Waals surface area contributed by atoms with Gasteiger partial charge in [-0.2, -0.15) is 0 Å². The third-order valence-corrected chi connectivity index (χ3v) is 4.35. The van der Waals surface area contributed by atoms with Crippen LogP contribution >= 0.6 is 0 Å². The maximum atomic E-state index is 12.4. The Bertz CT molecular complexity index is 660. The van der Waals surface area contributed by atoms with Crippen molar-refractivity contribution in [2.45, 2.75) is 38.6 Å². The first kappa shape index (κ1) is 13.9. The predicted octanol–water partition coefficient (Wildman–Crippen LogP) is 3.13. The Hall–Kier alpha value is -2.10. The Morgan fingerprint density at radius 2 is 1.95 bits per heavy atom. The Morgan fingerprint density at radius 1 is 1.24 bits per heavy atom. The number of fused-ring (bicyclic) bond motifs is 1. The molecule has 1 aromatic carbocycles. The van der Waals surface area contributed by atoms with E-state index in [2.05, 4.69) is 17.2 Å². The van der Waals surface area contributed by atoms with Crippen molar-refractivity contribution in [3.05, 3.63) is 36.0 Å². The van der Waals surface area contributed by atoms with Crippen molar-refractivity contribution in [1.29, 1.82) is 0 Å². The fourth-order valence-electron chi connectivity index (χ4n) is 3.01. The van der Waals surface area contributed by atoms with Crippen molar-refractivity contribution < 1.29 is 4.79 Å². The number of hydrogen-bond donors (Lipinski definition) is 2. The van der Waals surface area contributed by atoms with E-state index in [0.717, 1.165) is 29.5 Å². The summed E-state index contributed by atoms with van der Waals surface area (Å²) < 4.78 is 0. The highest BCUT2D eigenvalue weighted by Crippen LogP contribution is 2.24. The number of anilines is 1. The second-order valence-corrected chi connectivity index (χ2v) is 6.04. The minimum atomic E-state index is -0.119. The summed E-state index contributed by atoms with van der Waals surface area (Å²) in [7, 11) is 0. The maximum absolute atomic E-state index is 12.4. The number of carbonyl (C=O) groups excluding carboxylic acids is 1. The summed E-state index contributed by atoms with van der Waals surface area (Å²) in [6.07, 6.45) is 4.46. The molecule has 4 heteroatoms. The average molecular weight is 283 g/mol. The van der Waals surface area contributed by atoms with Crippen molar-refractivity contribution in [3.8, 4) is 0 Å². The van der Waals surface area contributed by atoms with Gasteiger partial charge in [-0.05, 0) is 43.1 Å². The van der Waals surface area contributed by atoms with Gasteiger partial charge in [-0.3, -0.25) is 4.79 Å². The zero-order valence-electron chi connectivity index (χ0n) is 12.3. The smallest absolute Gasteiger partial charge is 0.270 e. The molecule has 0 bridgehead atoms. The van der Waals surface area contributed by atoms with Crippen LogP contribution in [-0.2, 0) is 0 Å². The van der Waals surface area contributed by atoms with Crippen molar-refractivity contribution in [2.75, 3.05) is 5.73 Å². The Kier molecular flexibility index (Phi) is 3.78. The molecule has 3 N–H and O–H groups in total. The highest BCUT2D eigenvalue weighted by molar-refractivity contribution is 5.99. The van der Waals surface area contributed by atoms with Crippen molar-refractivity contribution in [3.63, 3.8) is 0 Å². The number of pyridine rings is 1. The van der Waals surface area contributed by atoms with E-state index < -0.39 is 0 Å². The summed E-state index contributed by atoms with van der Waals surface area (Å²) in [5.41, 5.74) is 6.36. The molecule has 0 spiro atoms. The number of rotatable bonds is 2. The molecule has 1 aliphatic carbocycles. The van der Waals surface area contributed by atoms with Crippen molar-refractivity contribution >= 4 is 22.5 Å². The van der Waals surface area contributed by atoms with Gasteiger partial charge < -0.3 is 11.1 Å². The number of nitrogens with one attached hydrogen (secondary N) is 1. The van der Waals surface area contributed by atoms with Gasteiger partial charge in [0.2, 0.25) is 0 Å². The first-order valence-electron chi connectivity index (χ1n) is 7.59. The number of amides is 1. The third-order valence-electron chi connectivity index (χ3n) is 4.35. The lowest BCUT2D eigenvalue weighted by molar-refractivity contribution is 0.0918. The molecule has 4 nitrogen and oxygen atoms in total. The van der Waals surface area contributed by atoms with Gasteiger partial charge >= 0.3 is 0 Å². The van der Waals surface area contributed by atoms with Gasteiger partial charge in [-0.15, -0.1) is 0 Å². The van der Waals surface area contributed by atoms with E-state index in [9.17, 15) is 4.79 Å². The molecule has 110 valence electrons. The van der Waals surface area contributed by atoms with Crippen LogP contribution in [0.15, 0.2) is 30.3 Å². The van der Waals surface area contributed by atoms with Gasteiger partial charge in [-0.25, -0.2) is 4.98 Å². The number of nitrogens with zero attached hydrogens (tertiary/aromatic N) is 1. The van der Waals surface area contributed by atoms with Crippen LogP contribution in [0.3, 0.4) is 0 Å². The molecule has 1 amide bonds. The minimum Gasteiger partial charge on any atom is -0.383 e. The van der Waals surface area contributed by atoms with E-state index >= 15 is 0 Å². The summed E-state index contributed by atoms with van der Waals surface area (Å²) in [6.45, 7) is 2.27. The van der Waals surface area contributed by atoms with Crippen LogP contribution in [0.2, 0.25) is 0 Å². The monoisotopic (exact) mass is 283 g/mol. The van der Waals surface area contributed by atoms with Crippen LogP contribution in [0, 0.1) is 5.92 Å². The van der Waals surface area contributed by atoms with Crippen LogP contribution in [-0.4, -0.2) is 16.9 Å². The van der Waals surface area contributed by atoms with Gasteiger partial charge in [0.05, 0.1) is 0 Å². The average Bonchev–Trinajstić information content (AvgIpc) is 2.49. The lowest BCUT2D eigenvalue weighted by atomic mass is 9.87. The SMILES string of the molecule is CC1CCC(NC(=O)c2cc3ccccc3c(N)n2)CC1. The van der Waals surface area contributed by atoms with Crippen LogP contribution in [0.5, 0.6) is 0 Å². The molecule has 0 atom stereocenters. The number of nitrogens with two attached hydrogens (primary N) is 1. The topological polar surface area (TPSA) is 68.0 Å². The predicted molar refractivity (Wildman–Crippen MR) is 85.0 cm³/mol. The van der Waals surface area contributed by atoms with Crippen LogP contribution in [0.4, 0.5) is 5.82 Å². The van der Waals surface area contributed by atoms with E-state index in [1.807, 2.05) is 30.3 Å². The molecule has 1 aromatic heterocycles. The van der Waals surface area contributed by atoms with Crippen LogP contribution in [0.25, 0.3) is 10.8 Å². The Morgan fingerprint density at radius 3 is 2.71 bits per heavy atom. The number of hydrogen-bond acceptors (Lipinski definition) is 3.